The fourth-order valence-electron chi connectivity index (χ4n) is 1.80. The van der Waals surface area contributed by atoms with Crippen molar-refractivity contribution in [3.8, 4) is 0 Å². The lowest BCUT2D eigenvalue weighted by Crippen LogP contribution is -2.14. The lowest BCUT2D eigenvalue weighted by molar-refractivity contribution is -0.112. The highest BCUT2D eigenvalue weighted by Crippen LogP contribution is 2.33. The predicted molar refractivity (Wildman–Crippen MR) is 63.0 cm³/mol. The van der Waals surface area contributed by atoms with Gasteiger partial charge < -0.3 is 10.6 Å². The monoisotopic (exact) mass is 218 g/mol. The van der Waals surface area contributed by atoms with E-state index in [0.717, 1.165) is 34.2 Å². The summed E-state index contributed by atoms with van der Waals surface area (Å²) in [7, 11) is 0. The van der Waals surface area contributed by atoms with Crippen molar-refractivity contribution in [1.29, 1.82) is 0 Å². The third kappa shape index (κ3) is 1.41. The molecular weight excluding hydrogens is 208 g/mol. The summed E-state index contributed by atoms with van der Waals surface area (Å²) in [6.07, 6.45) is 0. The van der Waals surface area contributed by atoms with E-state index in [0.29, 0.717) is 0 Å². The van der Waals surface area contributed by atoms with Crippen LogP contribution >= 0.6 is 11.8 Å². The van der Waals surface area contributed by atoms with Crippen LogP contribution in [-0.4, -0.2) is 17.4 Å². The Hall–Kier alpha value is -1.42. The Kier molecular flexibility index (Phi) is 1.95. The quantitative estimate of drug-likeness (QED) is 0.700. The highest BCUT2D eigenvalue weighted by Gasteiger charge is 2.25. The van der Waals surface area contributed by atoms with Crippen LogP contribution in [-0.2, 0) is 4.79 Å². The first kappa shape index (κ1) is 8.85. The van der Waals surface area contributed by atoms with Crippen LogP contribution in [0, 0.1) is 0 Å². The van der Waals surface area contributed by atoms with Crippen LogP contribution in [0.3, 0.4) is 0 Å². The van der Waals surface area contributed by atoms with Gasteiger partial charge in [-0.05, 0) is 12.1 Å². The molecule has 0 aromatic heterocycles. The zero-order valence-corrected chi connectivity index (χ0v) is 8.86. The lowest BCUT2D eigenvalue weighted by atomic mass is 10.2. The van der Waals surface area contributed by atoms with Gasteiger partial charge >= 0.3 is 0 Å². The first-order valence-electron chi connectivity index (χ1n) is 4.82. The molecule has 1 aromatic carbocycles. The second kappa shape index (κ2) is 3.31. The third-order valence-corrected chi connectivity index (χ3v) is 3.58. The summed E-state index contributed by atoms with van der Waals surface area (Å²) >= 11 is 1.77. The molecule has 0 saturated heterocycles. The summed E-state index contributed by atoms with van der Waals surface area (Å²) < 4.78 is 0. The minimum atomic E-state index is 0.0347. The molecule has 2 heterocycles. The smallest absolute Gasteiger partial charge is 0.254 e. The predicted octanol–water partition coefficient (Wildman–Crippen LogP) is 2.05. The van der Waals surface area contributed by atoms with Crippen LogP contribution in [0.1, 0.15) is 0 Å². The van der Waals surface area contributed by atoms with Crippen molar-refractivity contribution in [3.63, 3.8) is 0 Å². The molecule has 0 aliphatic carbocycles. The normalized spacial score (nSPS) is 18.8. The van der Waals surface area contributed by atoms with Crippen molar-refractivity contribution in [3.05, 3.63) is 35.5 Å². The van der Waals surface area contributed by atoms with Crippen molar-refractivity contribution in [2.45, 2.75) is 0 Å². The van der Waals surface area contributed by atoms with E-state index >= 15 is 0 Å². The number of nitrogens with one attached hydrogen (secondary N) is 2. The molecule has 15 heavy (non-hydrogen) atoms. The van der Waals surface area contributed by atoms with Crippen molar-refractivity contribution >= 4 is 29.0 Å². The van der Waals surface area contributed by atoms with Crippen molar-refractivity contribution in [2.75, 3.05) is 22.1 Å². The average molecular weight is 218 g/mol. The maximum Gasteiger partial charge on any atom is 0.254 e. The Labute approximate surface area is 91.9 Å². The molecule has 1 amide bonds. The van der Waals surface area contributed by atoms with Crippen LogP contribution in [0.5, 0.6) is 0 Å². The summed E-state index contributed by atoms with van der Waals surface area (Å²) in [5, 5.41) is 6.25. The first-order valence-corrected chi connectivity index (χ1v) is 5.97. The van der Waals surface area contributed by atoms with Crippen LogP contribution < -0.4 is 10.6 Å². The van der Waals surface area contributed by atoms with E-state index in [2.05, 4.69) is 10.6 Å². The van der Waals surface area contributed by atoms with Crippen molar-refractivity contribution < 1.29 is 4.79 Å². The van der Waals surface area contributed by atoms with Crippen LogP contribution in [0.2, 0.25) is 0 Å². The van der Waals surface area contributed by atoms with E-state index in [9.17, 15) is 4.79 Å². The second-order valence-corrected chi connectivity index (χ2v) is 4.56. The molecule has 2 aliphatic rings. The average Bonchev–Trinajstić information content (AvgIpc) is 2.64. The molecule has 1 aromatic rings. The molecule has 2 N–H and O–H groups in total. The molecular formula is C11H10N2OS. The number of hydrogen-bond acceptors (Lipinski definition) is 3. The highest BCUT2D eigenvalue weighted by molar-refractivity contribution is 8.00. The SMILES string of the molecule is O=C1Nc2ccccc2NC2=C1CSC2. The van der Waals surface area contributed by atoms with Crippen LogP contribution in [0.15, 0.2) is 35.5 Å². The largest absolute Gasteiger partial charge is 0.356 e. The van der Waals surface area contributed by atoms with Gasteiger partial charge in [-0.2, -0.15) is 11.8 Å². The van der Waals surface area contributed by atoms with E-state index in [4.69, 9.17) is 0 Å². The zero-order chi connectivity index (χ0) is 10.3. The Morgan fingerprint density at radius 2 is 1.80 bits per heavy atom. The molecule has 0 spiro atoms. The lowest BCUT2D eigenvalue weighted by Gasteiger charge is -2.08. The van der Waals surface area contributed by atoms with E-state index < -0.39 is 0 Å². The van der Waals surface area contributed by atoms with Gasteiger partial charge in [-0.15, -0.1) is 0 Å². The molecule has 4 heteroatoms. The molecule has 0 fully saturated rings. The Balaban J connectivity index is 2.08. The van der Waals surface area contributed by atoms with Gasteiger partial charge in [0, 0.05) is 22.8 Å². The van der Waals surface area contributed by atoms with Gasteiger partial charge in [-0.1, -0.05) is 12.1 Å². The molecule has 76 valence electrons. The summed E-state index contributed by atoms with van der Waals surface area (Å²) in [4.78, 5) is 11.8. The number of hydrogen-bond donors (Lipinski definition) is 2. The van der Waals surface area contributed by atoms with Gasteiger partial charge in [0.05, 0.1) is 11.4 Å². The molecule has 3 rings (SSSR count). The molecule has 0 radical (unpaired) electrons. The number of rotatable bonds is 0. The topological polar surface area (TPSA) is 41.1 Å². The molecule has 0 saturated carbocycles. The fraction of sp³-hybridized carbons (Fsp3) is 0.182. The van der Waals surface area contributed by atoms with Crippen LogP contribution in [0.4, 0.5) is 11.4 Å². The minimum Gasteiger partial charge on any atom is -0.356 e. The van der Waals surface area contributed by atoms with Gasteiger partial charge in [0.15, 0.2) is 0 Å². The standard InChI is InChI=1S/C11H10N2OS/c14-11-7-5-15-6-10(7)12-8-3-1-2-4-9(8)13-11/h1-4,12H,5-6H2,(H,13,14). The Morgan fingerprint density at radius 3 is 2.60 bits per heavy atom. The van der Waals surface area contributed by atoms with Gasteiger partial charge in [0.1, 0.15) is 0 Å². The maximum absolute atomic E-state index is 11.8. The molecule has 2 aliphatic heterocycles. The summed E-state index contributed by atoms with van der Waals surface area (Å²) in [6.45, 7) is 0. The van der Waals surface area contributed by atoms with E-state index in [-0.39, 0.29) is 5.91 Å². The first-order chi connectivity index (χ1) is 7.34. The summed E-state index contributed by atoms with van der Waals surface area (Å²) in [5.41, 5.74) is 3.79. The Morgan fingerprint density at radius 1 is 1.07 bits per heavy atom. The number of benzene rings is 1. The molecule has 3 nitrogen and oxygen atoms in total. The number of carbonyl (C=O) groups is 1. The van der Waals surface area contributed by atoms with Crippen molar-refractivity contribution in [1.82, 2.24) is 0 Å². The fourth-order valence-corrected chi connectivity index (χ4v) is 2.87. The molecule has 0 unspecified atom stereocenters. The van der Waals surface area contributed by atoms with Crippen molar-refractivity contribution in [2.24, 2.45) is 0 Å². The minimum absolute atomic E-state index is 0.0347. The number of amides is 1. The number of anilines is 2. The number of fused-ring (bicyclic) bond motifs is 1. The maximum atomic E-state index is 11.8. The number of para-hydroxylation sites is 2. The number of carbonyl (C=O) groups excluding carboxylic acids is 1. The highest BCUT2D eigenvalue weighted by atomic mass is 32.2. The van der Waals surface area contributed by atoms with Gasteiger partial charge in [-0.3, -0.25) is 4.79 Å². The van der Waals surface area contributed by atoms with Gasteiger partial charge in [0.25, 0.3) is 5.91 Å². The second-order valence-electron chi connectivity index (χ2n) is 3.57. The van der Waals surface area contributed by atoms with Gasteiger partial charge in [0.2, 0.25) is 0 Å². The van der Waals surface area contributed by atoms with E-state index in [1.54, 1.807) is 11.8 Å². The summed E-state index contributed by atoms with van der Waals surface area (Å²) in [5.74, 6) is 1.74. The molecule has 0 bridgehead atoms. The third-order valence-electron chi connectivity index (χ3n) is 2.59. The van der Waals surface area contributed by atoms with Gasteiger partial charge in [-0.25, -0.2) is 0 Å². The Bertz CT molecular complexity index is 467. The van der Waals surface area contributed by atoms with Crippen LogP contribution in [0.25, 0.3) is 0 Å². The van der Waals surface area contributed by atoms with E-state index in [1.807, 2.05) is 24.3 Å². The zero-order valence-electron chi connectivity index (χ0n) is 8.04. The summed E-state index contributed by atoms with van der Waals surface area (Å²) in [6, 6.07) is 7.78. The van der Waals surface area contributed by atoms with E-state index in [1.165, 1.54) is 0 Å². The number of thioether (sulfide) groups is 1. The molecule has 0 atom stereocenters.